The van der Waals surface area contributed by atoms with Crippen molar-refractivity contribution in [3.63, 3.8) is 0 Å². The maximum absolute atomic E-state index is 14.0. The smallest absolute Gasteiger partial charge is 0.408 e. The van der Waals surface area contributed by atoms with Gasteiger partial charge in [-0.3, -0.25) is 9.59 Å². The van der Waals surface area contributed by atoms with Crippen molar-refractivity contribution in [2.45, 2.75) is 144 Å². The van der Waals surface area contributed by atoms with Crippen LogP contribution in [-0.2, 0) is 32.3 Å². The van der Waals surface area contributed by atoms with Crippen LogP contribution in [0.2, 0.25) is 10.3 Å². The van der Waals surface area contributed by atoms with E-state index in [4.69, 9.17) is 52.1 Å². The van der Waals surface area contributed by atoms with E-state index in [2.05, 4.69) is 20.6 Å². The number of halogens is 2. The SMILES string of the molecule is CC(C)[C@H](NC(=O)OC(C)(C)C)C(=O)N1CCC[C@H]1c1nc(-c2cc3c4c(c2)OCc2cc(-c5nc([C@@H]6CCCN6C(=O)[C@@H](NC(=O)OC(C)(C)C)C(C)C)[nH]c5Cl)cc(c2-4)OC3)c(Cl)[nH]1. The lowest BCUT2D eigenvalue weighted by molar-refractivity contribution is -0.136. The fraction of sp³-hybridized carbons (Fsp3) is 0.542. The van der Waals surface area contributed by atoms with Crippen LogP contribution < -0.4 is 20.1 Å². The Morgan fingerprint density at radius 1 is 0.667 bits per heavy atom. The maximum atomic E-state index is 14.0. The Morgan fingerprint density at radius 3 is 1.39 bits per heavy atom. The minimum atomic E-state index is -0.783. The number of aromatic amines is 2. The monoisotopic (exact) mass is 946 g/mol. The molecule has 2 saturated heterocycles. The Morgan fingerprint density at radius 2 is 1.05 bits per heavy atom. The third-order valence-electron chi connectivity index (χ3n) is 12.2. The highest BCUT2D eigenvalue weighted by molar-refractivity contribution is 6.32. The van der Waals surface area contributed by atoms with Gasteiger partial charge in [0, 0.05) is 46.5 Å². The van der Waals surface area contributed by atoms with Crippen LogP contribution in [0.4, 0.5) is 9.59 Å². The Kier molecular flexibility index (Phi) is 12.8. The lowest BCUT2D eigenvalue weighted by atomic mass is 9.87. The summed E-state index contributed by atoms with van der Waals surface area (Å²) >= 11 is 13.8. The Balaban J connectivity index is 1.02. The Hall–Kier alpha value is -5.48. The van der Waals surface area contributed by atoms with E-state index in [1.807, 2.05) is 52.0 Å². The van der Waals surface area contributed by atoms with Gasteiger partial charge < -0.3 is 49.3 Å². The molecule has 4 aromatic rings. The van der Waals surface area contributed by atoms with Crippen LogP contribution in [-0.4, -0.2) is 90.1 Å². The van der Waals surface area contributed by atoms with E-state index in [0.717, 1.165) is 46.2 Å². The van der Waals surface area contributed by atoms with Gasteiger partial charge in [0.05, 0.1) is 12.1 Å². The quantitative estimate of drug-likeness (QED) is 0.119. The van der Waals surface area contributed by atoms with Gasteiger partial charge in [0.1, 0.15) is 81.3 Å². The van der Waals surface area contributed by atoms with Crippen LogP contribution in [0.3, 0.4) is 0 Å². The van der Waals surface area contributed by atoms with Gasteiger partial charge in [-0.05, 0) is 103 Å². The molecule has 2 aromatic heterocycles. The second kappa shape index (κ2) is 18.0. The van der Waals surface area contributed by atoms with Crippen LogP contribution in [0, 0.1) is 11.8 Å². The first kappa shape index (κ1) is 47.0. The topological polar surface area (TPSA) is 193 Å². The van der Waals surface area contributed by atoms with E-state index >= 15 is 0 Å². The molecule has 4 aliphatic rings. The lowest BCUT2D eigenvalue weighted by Gasteiger charge is -2.31. The summed E-state index contributed by atoms with van der Waals surface area (Å²) < 4.78 is 23.8. The van der Waals surface area contributed by atoms with E-state index in [-0.39, 0.29) is 48.9 Å². The van der Waals surface area contributed by atoms with Crippen molar-refractivity contribution in [1.29, 1.82) is 0 Å². The zero-order valence-corrected chi connectivity index (χ0v) is 40.8. The number of rotatable bonds is 10. The van der Waals surface area contributed by atoms with Gasteiger partial charge in [0.2, 0.25) is 11.8 Å². The first-order valence-electron chi connectivity index (χ1n) is 22.8. The first-order chi connectivity index (χ1) is 31.1. The summed E-state index contributed by atoms with van der Waals surface area (Å²) in [7, 11) is 0. The highest BCUT2D eigenvalue weighted by Crippen LogP contribution is 2.52. The number of hydrogen-bond acceptors (Lipinski definition) is 10. The van der Waals surface area contributed by atoms with Gasteiger partial charge in [0.25, 0.3) is 0 Å². The van der Waals surface area contributed by atoms with Gasteiger partial charge >= 0.3 is 12.2 Å². The molecule has 0 spiro atoms. The van der Waals surface area contributed by atoms with Crippen molar-refractivity contribution in [2.24, 2.45) is 11.8 Å². The van der Waals surface area contributed by atoms with Crippen LogP contribution in [0.15, 0.2) is 24.3 Å². The summed E-state index contributed by atoms with van der Waals surface area (Å²) in [6.07, 6.45) is 1.61. The average Bonchev–Trinajstić information content (AvgIpc) is 4.05. The van der Waals surface area contributed by atoms with Crippen LogP contribution >= 0.6 is 23.2 Å². The molecule has 16 nitrogen and oxygen atoms in total. The maximum Gasteiger partial charge on any atom is 0.408 e. The predicted octanol–water partition coefficient (Wildman–Crippen LogP) is 9.65. The zero-order valence-electron chi connectivity index (χ0n) is 39.2. The number of likely N-dealkylation sites (tertiary alicyclic amines) is 2. The number of benzene rings is 2. The van der Waals surface area contributed by atoms with Gasteiger partial charge in [-0.1, -0.05) is 50.9 Å². The molecular weight excluding hydrogens is 887 g/mol. The highest BCUT2D eigenvalue weighted by Gasteiger charge is 2.41. The summed E-state index contributed by atoms with van der Waals surface area (Å²) in [6, 6.07) is 5.59. The van der Waals surface area contributed by atoms with E-state index in [0.29, 0.717) is 70.8 Å². The first-order valence-corrected chi connectivity index (χ1v) is 23.5. The fourth-order valence-electron chi connectivity index (χ4n) is 9.27. The standard InChI is InChI=1S/C48H60Cl2N8O8/c1-23(2)35(53-45(61)65-47(5,6)7)43(59)57-15-11-13-29(57)41-51-37(39(49)55-41)25-17-27-21-64-32-20-26(18-28-22-63-31(19-25)33(27)34(28)32)38-40(50)56-42(52-38)30-14-12-16-58(30)44(60)36(24(3)4)54-46(62)66-48(8,9)10/h17-20,23-24,29-30,35-36H,11-16,21-22H2,1-10H3,(H,51,55)(H,52,56)(H,53,61)(H,54,62)/t29-,30-,35-,36-/m0/s1. The molecule has 8 rings (SSSR count). The summed E-state index contributed by atoms with van der Waals surface area (Å²) in [5.74, 6) is 1.69. The number of carbonyl (C=O) groups is 4. The number of aromatic nitrogens is 4. The number of ether oxygens (including phenoxy) is 4. The van der Waals surface area contributed by atoms with E-state index in [1.54, 1.807) is 51.3 Å². The molecule has 4 N–H and O–H groups in total. The molecular formula is C48H60Cl2N8O8. The molecule has 0 aliphatic carbocycles. The number of nitrogens with zero attached hydrogens (tertiary/aromatic N) is 4. The number of alkyl carbamates (subject to hydrolysis) is 2. The lowest BCUT2D eigenvalue weighted by Crippen LogP contribution is -2.52. The molecule has 354 valence electrons. The molecule has 0 bridgehead atoms. The molecule has 2 aromatic carbocycles. The number of carbonyl (C=O) groups excluding carboxylic acids is 4. The number of hydrogen-bond donors (Lipinski definition) is 4. The second-order valence-corrected chi connectivity index (χ2v) is 21.0. The highest BCUT2D eigenvalue weighted by atomic mass is 35.5. The molecule has 0 radical (unpaired) electrons. The molecule has 6 heterocycles. The van der Waals surface area contributed by atoms with Gasteiger partial charge in [-0.15, -0.1) is 0 Å². The van der Waals surface area contributed by atoms with Crippen molar-refractivity contribution in [3.8, 4) is 45.1 Å². The van der Waals surface area contributed by atoms with Crippen LogP contribution in [0.1, 0.15) is 130 Å². The summed E-state index contributed by atoms with van der Waals surface area (Å²) in [5, 5.41) is 6.25. The summed E-state index contributed by atoms with van der Waals surface area (Å²) in [5.41, 5.74) is 4.78. The Labute approximate surface area is 395 Å². The number of H-pyrrole nitrogens is 2. The molecule has 4 aliphatic heterocycles. The van der Waals surface area contributed by atoms with Crippen LogP contribution in [0.5, 0.6) is 11.5 Å². The number of imidazole rings is 2. The molecule has 0 unspecified atom stereocenters. The van der Waals surface area contributed by atoms with Gasteiger partial charge in [0.15, 0.2) is 0 Å². The van der Waals surface area contributed by atoms with Crippen molar-refractivity contribution in [2.75, 3.05) is 13.1 Å². The molecule has 4 amide bonds. The average molecular weight is 948 g/mol. The van der Waals surface area contributed by atoms with Crippen molar-refractivity contribution in [3.05, 3.63) is 57.3 Å². The van der Waals surface area contributed by atoms with Crippen molar-refractivity contribution < 1.29 is 38.1 Å². The largest absolute Gasteiger partial charge is 0.488 e. The van der Waals surface area contributed by atoms with Crippen LogP contribution in [0.25, 0.3) is 33.6 Å². The third-order valence-corrected chi connectivity index (χ3v) is 12.7. The van der Waals surface area contributed by atoms with Gasteiger partial charge in [-0.2, -0.15) is 0 Å². The molecule has 18 heteroatoms. The fourth-order valence-corrected chi connectivity index (χ4v) is 9.77. The van der Waals surface area contributed by atoms with E-state index in [9.17, 15) is 19.2 Å². The van der Waals surface area contributed by atoms with Gasteiger partial charge in [-0.25, -0.2) is 19.6 Å². The zero-order chi connectivity index (χ0) is 47.6. The minimum Gasteiger partial charge on any atom is -0.488 e. The van der Waals surface area contributed by atoms with Crippen molar-refractivity contribution >= 4 is 47.2 Å². The molecule has 2 fully saturated rings. The van der Waals surface area contributed by atoms with E-state index in [1.165, 1.54) is 0 Å². The minimum absolute atomic E-state index is 0.183. The number of nitrogens with one attached hydrogen (secondary N) is 4. The van der Waals surface area contributed by atoms with E-state index < -0.39 is 35.5 Å². The normalized spacial score (nSPS) is 18.7. The third kappa shape index (κ3) is 9.53. The summed E-state index contributed by atoms with van der Waals surface area (Å²) in [6.45, 7) is 19.8. The predicted molar refractivity (Wildman–Crippen MR) is 249 cm³/mol. The molecule has 4 atom stereocenters. The molecule has 66 heavy (non-hydrogen) atoms. The molecule has 0 saturated carbocycles. The Bertz CT molecular complexity index is 2330. The number of amides is 4. The second-order valence-electron chi connectivity index (χ2n) is 20.3. The van der Waals surface area contributed by atoms with Crippen molar-refractivity contribution in [1.82, 2.24) is 40.4 Å². The summed E-state index contributed by atoms with van der Waals surface area (Å²) in [4.78, 5) is 73.4.